The second-order valence-electron chi connectivity index (χ2n) is 7.41. The summed E-state index contributed by atoms with van der Waals surface area (Å²) in [6.45, 7) is 9.65. The molecule has 5 heteroatoms. The zero-order valence-electron chi connectivity index (χ0n) is 15.9. The molecule has 0 atom stereocenters. The number of benzene rings is 2. The van der Waals surface area contributed by atoms with Crippen molar-refractivity contribution in [3.05, 3.63) is 59.7 Å². The third-order valence-corrected chi connectivity index (χ3v) is 5.43. The molecule has 0 aliphatic heterocycles. The van der Waals surface area contributed by atoms with Gasteiger partial charge in [-0.25, -0.2) is 0 Å². The number of nitrogen functional groups attached to an aromatic ring is 1. The van der Waals surface area contributed by atoms with Gasteiger partial charge in [0.05, 0.1) is 0 Å². The molecule has 26 heavy (non-hydrogen) atoms. The maximum atomic E-state index is 5.78. The predicted octanol–water partition coefficient (Wildman–Crippen LogP) is 5.14. The molecule has 1 heterocycles. The van der Waals surface area contributed by atoms with Crippen molar-refractivity contribution in [1.29, 1.82) is 0 Å². The van der Waals surface area contributed by atoms with Gasteiger partial charge in [-0.3, -0.25) is 0 Å². The quantitative estimate of drug-likeness (QED) is 0.502. The molecule has 0 radical (unpaired) electrons. The van der Waals surface area contributed by atoms with Crippen LogP contribution in [-0.4, -0.2) is 14.8 Å². The molecule has 0 aliphatic rings. The van der Waals surface area contributed by atoms with Gasteiger partial charge in [-0.05, 0) is 47.7 Å². The molecule has 2 N–H and O–H groups in total. The summed E-state index contributed by atoms with van der Waals surface area (Å²) in [6.07, 6.45) is 0. The van der Waals surface area contributed by atoms with Crippen LogP contribution in [-0.2, 0) is 17.7 Å². The molecule has 0 spiro atoms. The van der Waals surface area contributed by atoms with Crippen molar-refractivity contribution in [1.82, 2.24) is 14.8 Å². The number of rotatable bonds is 5. The van der Waals surface area contributed by atoms with E-state index < -0.39 is 0 Å². The van der Waals surface area contributed by atoms with Crippen molar-refractivity contribution in [2.75, 3.05) is 5.73 Å². The number of thioether (sulfide) groups is 1. The molecule has 0 fully saturated rings. The van der Waals surface area contributed by atoms with E-state index in [2.05, 4.69) is 66.7 Å². The highest BCUT2D eigenvalue weighted by atomic mass is 32.2. The lowest BCUT2D eigenvalue weighted by molar-refractivity contribution is 0.590. The largest absolute Gasteiger partial charge is 0.399 e. The topological polar surface area (TPSA) is 56.7 Å². The fourth-order valence-corrected chi connectivity index (χ4v) is 3.73. The van der Waals surface area contributed by atoms with E-state index in [1.807, 2.05) is 24.3 Å². The maximum Gasteiger partial charge on any atom is 0.191 e. The van der Waals surface area contributed by atoms with Gasteiger partial charge in [0.25, 0.3) is 0 Å². The SMILES string of the molecule is CCn1c(SCc2ccc(C(C)(C)C)cc2)nnc1-c1ccc(N)cc1. The van der Waals surface area contributed by atoms with Crippen LogP contribution in [0.4, 0.5) is 5.69 Å². The first-order valence-electron chi connectivity index (χ1n) is 8.90. The Kier molecular flexibility index (Phi) is 5.37. The van der Waals surface area contributed by atoms with E-state index in [-0.39, 0.29) is 5.41 Å². The molecule has 3 rings (SSSR count). The van der Waals surface area contributed by atoms with Crippen molar-refractivity contribution < 1.29 is 0 Å². The van der Waals surface area contributed by atoms with E-state index in [0.29, 0.717) is 0 Å². The van der Waals surface area contributed by atoms with Crippen LogP contribution in [0.15, 0.2) is 53.7 Å². The Balaban J connectivity index is 1.75. The summed E-state index contributed by atoms with van der Waals surface area (Å²) in [5.74, 6) is 1.77. The standard InChI is InChI=1S/C21H26N4S/c1-5-25-19(16-8-12-18(22)13-9-16)23-24-20(25)26-14-15-6-10-17(11-7-15)21(2,3)4/h6-13H,5,14,22H2,1-4H3. The van der Waals surface area contributed by atoms with Crippen molar-refractivity contribution in [2.24, 2.45) is 0 Å². The van der Waals surface area contributed by atoms with Crippen molar-refractivity contribution in [3.8, 4) is 11.4 Å². The monoisotopic (exact) mass is 366 g/mol. The highest BCUT2D eigenvalue weighted by molar-refractivity contribution is 7.98. The van der Waals surface area contributed by atoms with Gasteiger partial charge in [0.1, 0.15) is 0 Å². The van der Waals surface area contributed by atoms with E-state index >= 15 is 0 Å². The Bertz CT molecular complexity index is 859. The fraction of sp³-hybridized carbons (Fsp3) is 0.333. The lowest BCUT2D eigenvalue weighted by Crippen LogP contribution is -2.10. The molecule has 1 aromatic heterocycles. The summed E-state index contributed by atoms with van der Waals surface area (Å²) in [7, 11) is 0. The summed E-state index contributed by atoms with van der Waals surface area (Å²) in [4.78, 5) is 0. The molecule has 0 saturated heterocycles. The van der Waals surface area contributed by atoms with Crippen LogP contribution in [0.5, 0.6) is 0 Å². The minimum absolute atomic E-state index is 0.183. The molecule has 0 saturated carbocycles. The Morgan fingerprint density at radius 3 is 2.19 bits per heavy atom. The molecule has 3 aromatic rings. The Morgan fingerprint density at radius 1 is 0.962 bits per heavy atom. The molecule has 0 amide bonds. The predicted molar refractivity (Wildman–Crippen MR) is 110 cm³/mol. The van der Waals surface area contributed by atoms with Crippen LogP contribution in [0.1, 0.15) is 38.8 Å². The number of nitrogens with two attached hydrogens (primary N) is 1. The summed E-state index contributed by atoms with van der Waals surface area (Å²) >= 11 is 1.72. The molecule has 0 aliphatic carbocycles. The zero-order chi connectivity index (χ0) is 18.7. The maximum absolute atomic E-state index is 5.78. The highest BCUT2D eigenvalue weighted by Gasteiger charge is 2.15. The van der Waals surface area contributed by atoms with Crippen LogP contribution in [0.25, 0.3) is 11.4 Å². The second-order valence-corrected chi connectivity index (χ2v) is 8.35. The number of aromatic nitrogens is 3. The van der Waals surface area contributed by atoms with Crippen LogP contribution in [0.3, 0.4) is 0 Å². The number of anilines is 1. The number of hydrogen-bond donors (Lipinski definition) is 1. The molecule has 136 valence electrons. The van der Waals surface area contributed by atoms with Gasteiger partial charge >= 0.3 is 0 Å². The second kappa shape index (κ2) is 7.54. The van der Waals surface area contributed by atoms with Crippen molar-refractivity contribution in [3.63, 3.8) is 0 Å². The van der Waals surface area contributed by atoms with Crippen molar-refractivity contribution in [2.45, 2.75) is 50.6 Å². The molecule has 4 nitrogen and oxygen atoms in total. The normalized spacial score (nSPS) is 11.7. The van der Waals surface area contributed by atoms with Gasteiger partial charge in [-0.2, -0.15) is 0 Å². The van der Waals surface area contributed by atoms with E-state index in [4.69, 9.17) is 5.73 Å². The van der Waals surface area contributed by atoms with E-state index in [0.717, 1.165) is 34.5 Å². The first-order chi connectivity index (χ1) is 12.4. The summed E-state index contributed by atoms with van der Waals surface area (Å²) in [6, 6.07) is 16.6. The Hall–Kier alpha value is -2.27. The number of nitrogens with zero attached hydrogens (tertiary/aromatic N) is 3. The minimum atomic E-state index is 0.183. The third-order valence-electron chi connectivity index (χ3n) is 4.39. The average molecular weight is 367 g/mol. The van der Waals surface area contributed by atoms with Crippen LogP contribution in [0.2, 0.25) is 0 Å². The van der Waals surface area contributed by atoms with Crippen molar-refractivity contribution >= 4 is 17.4 Å². The highest BCUT2D eigenvalue weighted by Crippen LogP contribution is 2.28. The van der Waals surface area contributed by atoms with Gasteiger partial charge in [0.2, 0.25) is 0 Å². The summed E-state index contributed by atoms with van der Waals surface area (Å²) in [5.41, 5.74) is 10.4. The lowest BCUT2D eigenvalue weighted by Gasteiger charge is -2.19. The fourth-order valence-electron chi connectivity index (χ4n) is 2.78. The lowest BCUT2D eigenvalue weighted by atomic mass is 9.87. The zero-order valence-corrected chi connectivity index (χ0v) is 16.7. The average Bonchev–Trinajstić information content (AvgIpc) is 3.03. The third kappa shape index (κ3) is 4.10. The first-order valence-corrected chi connectivity index (χ1v) is 9.88. The minimum Gasteiger partial charge on any atom is -0.399 e. The number of hydrogen-bond acceptors (Lipinski definition) is 4. The van der Waals surface area contributed by atoms with Crippen LogP contribution < -0.4 is 5.73 Å². The van der Waals surface area contributed by atoms with E-state index in [1.54, 1.807) is 11.8 Å². The van der Waals surface area contributed by atoms with Gasteiger partial charge < -0.3 is 10.3 Å². The molecular formula is C21H26N4S. The Morgan fingerprint density at radius 2 is 1.62 bits per heavy atom. The molecule has 0 unspecified atom stereocenters. The summed E-state index contributed by atoms with van der Waals surface area (Å²) < 4.78 is 2.15. The van der Waals surface area contributed by atoms with E-state index in [9.17, 15) is 0 Å². The van der Waals surface area contributed by atoms with Crippen LogP contribution >= 0.6 is 11.8 Å². The summed E-state index contributed by atoms with van der Waals surface area (Å²) in [5, 5.41) is 9.74. The molecule has 2 aromatic carbocycles. The molecule has 0 bridgehead atoms. The van der Waals surface area contributed by atoms with E-state index in [1.165, 1.54) is 11.1 Å². The smallest absolute Gasteiger partial charge is 0.191 e. The van der Waals surface area contributed by atoms with Gasteiger partial charge in [0.15, 0.2) is 11.0 Å². The van der Waals surface area contributed by atoms with Gasteiger partial charge in [-0.15, -0.1) is 10.2 Å². The first kappa shape index (κ1) is 18.5. The molecular weight excluding hydrogens is 340 g/mol. The van der Waals surface area contributed by atoms with Gasteiger partial charge in [-0.1, -0.05) is 56.8 Å². The Labute approximate surface area is 159 Å². The van der Waals surface area contributed by atoms with Crippen LogP contribution in [0, 0.1) is 0 Å². The van der Waals surface area contributed by atoms with Gasteiger partial charge in [0, 0.05) is 23.5 Å².